The zero-order valence-electron chi connectivity index (χ0n) is 21.8. The number of aryl methyl sites for hydroxylation is 1. The van der Waals surface area contributed by atoms with Crippen molar-refractivity contribution in [1.82, 2.24) is 30.3 Å². The molecule has 2 amide bonds. The fraction of sp³-hybridized carbons (Fsp3) is 0.680. The Bertz CT molecular complexity index is 926. The Kier molecular flexibility index (Phi) is 11.6. The number of hydrogen-bond acceptors (Lipinski definition) is 7. The van der Waals surface area contributed by atoms with E-state index in [-0.39, 0.29) is 16.6 Å². The SMILES string of the molecule is CCCC(CC)(CC)Sc1ncc(-c2cn(CCCCCC(=O)N[C@H](C(N)=O)C(C)C)nn2)cn1. The van der Waals surface area contributed by atoms with E-state index in [4.69, 9.17) is 5.73 Å². The molecule has 0 radical (unpaired) electrons. The van der Waals surface area contributed by atoms with Gasteiger partial charge in [-0.25, -0.2) is 9.97 Å². The van der Waals surface area contributed by atoms with Gasteiger partial charge in [-0.1, -0.05) is 64.4 Å². The van der Waals surface area contributed by atoms with Crippen LogP contribution in [0.25, 0.3) is 11.3 Å². The van der Waals surface area contributed by atoms with Crippen molar-refractivity contribution in [1.29, 1.82) is 0 Å². The second-order valence-corrected chi connectivity index (χ2v) is 10.8. The minimum absolute atomic E-state index is 0.0272. The third-order valence-corrected chi connectivity index (χ3v) is 7.95. The van der Waals surface area contributed by atoms with Gasteiger partial charge >= 0.3 is 0 Å². The Morgan fingerprint density at radius 1 is 1.11 bits per heavy atom. The Hall–Kier alpha value is -2.49. The Morgan fingerprint density at radius 3 is 2.37 bits per heavy atom. The molecule has 2 aromatic heterocycles. The zero-order valence-corrected chi connectivity index (χ0v) is 22.6. The molecule has 2 heterocycles. The van der Waals surface area contributed by atoms with Crippen molar-refractivity contribution in [2.24, 2.45) is 11.7 Å². The van der Waals surface area contributed by atoms with E-state index in [0.29, 0.717) is 13.0 Å². The topological polar surface area (TPSA) is 129 Å². The molecule has 194 valence electrons. The molecule has 2 rings (SSSR count). The first-order valence-electron chi connectivity index (χ1n) is 12.7. The number of nitrogens with zero attached hydrogens (tertiary/aromatic N) is 5. The van der Waals surface area contributed by atoms with Crippen LogP contribution in [0.5, 0.6) is 0 Å². The number of unbranched alkanes of at least 4 members (excludes halogenated alkanes) is 2. The molecule has 2 aromatic rings. The van der Waals surface area contributed by atoms with Gasteiger partial charge in [0.2, 0.25) is 11.8 Å². The van der Waals surface area contributed by atoms with E-state index in [1.165, 1.54) is 0 Å². The second kappa shape index (κ2) is 14.2. The lowest BCUT2D eigenvalue weighted by molar-refractivity contribution is -0.128. The van der Waals surface area contributed by atoms with Crippen LogP contribution in [0.1, 0.15) is 86.0 Å². The molecular formula is C25H41N7O2S. The molecule has 0 aliphatic heterocycles. The Balaban J connectivity index is 1.80. The second-order valence-electron chi connectivity index (χ2n) is 9.37. The van der Waals surface area contributed by atoms with Crippen LogP contribution < -0.4 is 11.1 Å². The molecule has 0 aromatic carbocycles. The van der Waals surface area contributed by atoms with Crippen LogP contribution in [-0.2, 0) is 16.1 Å². The molecule has 0 unspecified atom stereocenters. The highest BCUT2D eigenvalue weighted by molar-refractivity contribution is 8.00. The van der Waals surface area contributed by atoms with E-state index in [1.54, 1.807) is 16.4 Å². The molecule has 9 nitrogen and oxygen atoms in total. The molecule has 35 heavy (non-hydrogen) atoms. The summed E-state index contributed by atoms with van der Waals surface area (Å²) in [5.41, 5.74) is 6.94. The summed E-state index contributed by atoms with van der Waals surface area (Å²) in [4.78, 5) is 32.6. The zero-order chi connectivity index (χ0) is 25.8. The first-order valence-corrected chi connectivity index (χ1v) is 13.6. The predicted octanol–water partition coefficient (Wildman–Crippen LogP) is 4.37. The monoisotopic (exact) mass is 503 g/mol. The van der Waals surface area contributed by atoms with Gasteiger partial charge in [0.25, 0.3) is 0 Å². The van der Waals surface area contributed by atoms with Gasteiger partial charge in [0.15, 0.2) is 5.16 Å². The standard InChI is InChI=1S/C25H41N7O2S/c1-6-13-25(7-2,8-3)35-24-27-15-19(16-28-24)20-17-32(31-30-20)14-11-9-10-12-21(33)29-22(18(4)5)23(26)34/h15-18,22H,6-14H2,1-5H3,(H2,26,34)(H,29,33)/t22-/m0/s1. The first-order chi connectivity index (χ1) is 16.7. The molecule has 0 aliphatic carbocycles. The molecule has 1 atom stereocenters. The van der Waals surface area contributed by atoms with Crippen LogP contribution in [0.4, 0.5) is 0 Å². The highest BCUT2D eigenvalue weighted by Gasteiger charge is 2.27. The number of hydrogen-bond donors (Lipinski definition) is 2. The summed E-state index contributed by atoms with van der Waals surface area (Å²) in [7, 11) is 0. The van der Waals surface area contributed by atoms with Crippen molar-refractivity contribution in [3.63, 3.8) is 0 Å². The van der Waals surface area contributed by atoms with Gasteiger partial charge in [0, 0.05) is 35.7 Å². The minimum Gasteiger partial charge on any atom is -0.368 e. The lowest BCUT2D eigenvalue weighted by Crippen LogP contribution is -2.47. The number of thioether (sulfide) groups is 1. The first kappa shape index (κ1) is 28.7. The van der Waals surface area contributed by atoms with Gasteiger partial charge in [-0.3, -0.25) is 14.3 Å². The fourth-order valence-electron chi connectivity index (χ4n) is 4.04. The van der Waals surface area contributed by atoms with E-state index >= 15 is 0 Å². The average Bonchev–Trinajstić information content (AvgIpc) is 3.31. The molecule has 0 spiro atoms. The largest absolute Gasteiger partial charge is 0.368 e. The van der Waals surface area contributed by atoms with Crippen molar-refractivity contribution in [2.45, 2.75) is 108 Å². The summed E-state index contributed by atoms with van der Waals surface area (Å²) in [5, 5.41) is 12.0. The van der Waals surface area contributed by atoms with E-state index in [0.717, 1.165) is 61.4 Å². The lowest BCUT2D eigenvalue weighted by atomic mass is 9.97. The van der Waals surface area contributed by atoms with Crippen molar-refractivity contribution in [2.75, 3.05) is 0 Å². The van der Waals surface area contributed by atoms with Gasteiger partial charge in [0.1, 0.15) is 11.7 Å². The number of nitrogens with two attached hydrogens (primary N) is 1. The number of primary amides is 1. The lowest BCUT2D eigenvalue weighted by Gasteiger charge is -2.29. The van der Waals surface area contributed by atoms with Crippen LogP contribution >= 0.6 is 11.8 Å². The normalized spacial score (nSPS) is 12.6. The van der Waals surface area contributed by atoms with Crippen LogP contribution in [0, 0.1) is 5.92 Å². The van der Waals surface area contributed by atoms with Gasteiger partial charge in [-0.15, -0.1) is 5.10 Å². The van der Waals surface area contributed by atoms with E-state index in [1.807, 2.05) is 32.4 Å². The fourth-order valence-corrected chi connectivity index (χ4v) is 5.23. The van der Waals surface area contributed by atoms with Gasteiger partial charge in [-0.05, 0) is 38.0 Å². The highest BCUT2D eigenvalue weighted by atomic mass is 32.2. The molecule has 0 aliphatic rings. The number of nitrogens with one attached hydrogen (secondary N) is 1. The molecule has 0 saturated heterocycles. The maximum Gasteiger partial charge on any atom is 0.240 e. The summed E-state index contributed by atoms with van der Waals surface area (Å²) < 4.78 is 2.00. The van der Waals surface area contributed by atoms with Crippen LogP contribution in [0.15, 0.2) is 23.7 Å². The maximum absolute atomic E-state index is 12.1. The maximum atomic E-state index is 12.1. The smallest absolute Gasteiger partial charge is 0.240 e. The molecule has 0 bridgehead atoms. The molecular weight excluding hydrogens is 462 g/mol. The summed E-state index contributed by atoms with van der Waals surface area (Å²) in [6, 6.07) is -0.620. The molecule has 10 heteroatoms. The number of aromatic nitrogens is 5. The van der Waals surface area contributed by atoms with Crippen LogP contribution in [-0.4, -0.2) is 47.6 Å². The third-order valence-electron chi connectivity index (χ3n) is 6.35. The van der Waals surface area contributed by atoms with Gasteiger partial charge in [0.05, 0.1) is 6.20 Å². The van der Waals surface area contributed by atoms with Gasteiger partial charge in [-0.2, -0.15) is 0 Å². The number of carbonyl (C=O) groups is 2. The van der Waals surface area contributed by atoms with Crippen LogP contribution in [0.3, 0.4) is 0 Å². The van der Waals surface area contributed by atoms with Crippen LogP contribution in [0.2, 0.25) is 0 Å². The molecule has 3 N–H and O–H groups in total. The molecule has 0 fully saturated rings. The minimum atomic E-state index is -0.620. The highest BCUT2D eigenvalue weighted by Crippen LogP contribution is 2.40. The summed E-state index contributed by atoms with van der Waals surface area (Å²) in [6.07, 6.45) is 12.9. The Morgan fingerprint density at radius 2 is 1.80 bits per heavy atom. The molecule has 0 saturated carbocycles. The summed E-state index contributed by atoms with van der Waals surface area (Å²) in [5.74, 6) is -0.668. The van der Waals surface area contributed by atoms with Crippen molar-refractivity contribution >= 4 is 23.6 Å². The summed E-state index contributed by atoms with van der Waals surface area (Å²) in [6.45, 7) is 11.1. The van der Waals surface area contributed by atoms with Crippen molar-refractivity contribution in [3.8, 4) is 11.3 Å². The predicted molar refractivity (Wildman–Crippen MR) is 140 cm³/mol. The third kappa shape index (κ3) is 8.91. The average molecular weight is 504 g/mol. The Labute approximate surface area is 213 Å². The number of carbonyl (C=O) groups excluding carboxylic acids is 2. The summed E-state index contributed by atoms with van der Waals surface area (Å²) >= 11 is 1.78. The van der Waals surface area contributed by atoms with E-state index < -0.39 is 11.9 Å². The van der Waals surface area contributed by atoms with Crippen molar-refractivity contribution < 1.29 is 9.59 Å². The number of rotatable bonds is 16. The quantitative estimate of drug-likeness (QED) is 0.198. The number of amides is 2. The van der Waals surface area contributed by atoms with E-state index in [9.17, 15) is 9.59 Å². The van der Waals surface area contributed by atoms with Gasteiger partial charge < -0.3 is 11.1 Å². The van der Waals surface area contributed by atoms with E-state index in [2.05, 4.69) is 46.4 Å². The van der Waals surface area contributed by atoms with Crippen molar-refractivity contribution in [3.05, 3.63) is 18.6 Å².